The molecule has 0 aliphatic rings. The minimum atomic E-state index is -0.953. The van der Waals surface area contributed by atoms with Crippen LogP contribution >= 0.6 is 23.2 Å². The van der Waals surface area contributed by atoms with Crippen molar-refractivity contribution in [1.29, 1.82) is 0 Å². The van der Waals surface area contributed by atoms with Crippen molar-refractivity contribution in [2.45, 2.75) is 0 Å². The summed E-state index contributed by atoms with van der Waals surface area (Å²) >= 11 is 11.9. The molecule has 0 spiro atoms. The molecule has 0 aliphatic carbocycles. The van der Waals surface area contributed by atoms with Crippen molar-refractivity contribution >= 4 is 58.5 Å². The van der Waals surface area contributed by atoms with Crippen LogP contribution in [-0.4, -0.2) is 44.8 Å². The molecule has 192 valence electrons. The van der Waals surface area contributed by atoms with Crippen LogP contribution in [0.25, 0.3) is 0 Å². The van der Waals surface area contributed by atoms with Gasteiger partial charge in [-0.1, -0.05) is 23.2 Å². The van der Waals surface area contributed by atoms with Gasteiger partial charge in [-0.15, -0.1) is 0 Å². The van der Waals surface area contributed by atoms with E-state index >= 15 is 0 Å². The molecule has 0 atom stereocenters. The molecule has 0 aliphatic heterocycles. The molecule has 10 nitrogen and oxygen atoms in total. The lowest BCUT2D eigenvalue weighted by Gasteiger charge is -2.12. The highest BCUT2D eigenvalue weighted by atomic mass is 35.5. The third kappa shape index (κ3) is 8.13. The van der Waals surface area contributed by atoms with Gasteiger partial charge in [0.15, 0.2) is 18.1 Å². The highest BCUT2D eigenvalue weighted by Gasteiger charge is 2.13. The number of anilines is 2. The number of rotatable bonds is 9. The number of benzene rings is 3. The number of nitrogens with zero attached hydrogens (tertiary/aromatic N) is 1. The number of nitrogens with one attached hydrogen (secondary N) is 3. The third-order valence-corrected chi connectivity index (χ3v) is 5.23. The van der Waals surface area contributed by atoms with Crippen molar-refractivity contribution in [3.05, 3.63) is 76.3 Å². The summed E-state index contributed by atoms with van der Waals surface area (Å²) in [5.74, 6) is -1.03. The monoisotopic (exact) mass is 544 g/mol. The van der Waals surface area contributed by atoms with Crippen LogP contribution in [0.2, 0.25) is 10.0 Å². The van der Waals surface area contributed by atoms with Crippen LogP contribution in [-0.2, 0) is 14.4 Å². The van der Waals surface area contributed by atoms with Crippen LogP contribution in [0.15, 0.2) is 65.8 Å². The molecule has 0 radical (unpaired) electrons. The van der Waals surface area contributed by atoms with E-state index in [9.17, 15) is 14.4 Å². The van der Waals surface area contributed by atoms with E-state index in [2.05, 4.69) is 21.2 Å². The zero-order valence-electron chi connectivity index (χ0n) is 19.7. The third-order valence-electron chi connectivity index (χ3n) is 4.69. The molecule has 0 saturated heterocycles. The van der Waals surface area contributed by atoms with Crippen molar-refractivity contribution in [2.24, 2.45) is 5.10 Å². The summed E-state index contributed by atoms with van der Waals surface area (Å²) in [6.45, 7) is -0.303. The predicted octanol–water partition coefficient (Wildman–Crippen LogP) is 4.12. The summed E-state index contributed by atoms with van der Waals surface area (Å²) in [6.07, 6.45) is 1.32. The lowest BCUT2D eigenvalue weighted by molar-refractivity contribution is -0.136. The van der Waals surface area contributed by atoms with Gasteiger partial charge in [0.25, 0.3) is 5.91 Å². The fourth-order valence-corrected chi connectivity index (χ4v) is 3.34. The van der Waals surface area contributed by atoms with Gasteiger partial charge in [-0.3, -0.25) is 14.4 Å². The summed E-state index contributed by atoms with van der Waals surface area (Å²) < 4.78 is 15.9. The molecule has 3 rings (SSSR count). The minimum Gasteiger partial charge on any atom is -0.497 e. The summed E-state index contributed by atoms with van der Waals surface area (Å²) in [5, 5.41) is 9.61. The largest absolute Gasteiger partial charge is 0.497 e. The van der Waals surface area contributed by atoms with E-state index in [1.54, 1.807) is 54.6 Å². The highest BCUT2D eigenvalue weighted by Crippen LogP contribution is 2.28. The van der Waals surface area contributed by atoms with Crippen LogP contribution in [0.4, 0.5) is 11.4 Å². The second kappa shape index (κ2) is 13.1. The first-order valence-electron chi connectivity index (χ1n) is 10.6. The van der Waals surface area contributed by atoms with Crippen LogP contribution in [0, 0.1) is 0 Å². The Morgan fingerprint density at radius 3 is 2.30 bits per heavy atom. The number of carbonyl (C=O) groups is 3. The molecule has 0 saturated carbocycles. The number of hydrazone groups is 1. The smallest absolute Gasteiger partial charge is 0.329 e. The topological polar surface area (TPSA) is 127 Å². The van der Waals surface area contributed by atoms with Crippen LogP contribution in [0.1, 0.15) is 5.56 Å². The number of hydrogen-bond acceptors (Lipinski definition) is 7. The van der Waals surface area contributed by atoms with Crippen molar-refractivity contribution in [1.82, 2.24) is 5.43 Å². The molecule has 3 N–H and O–H groups in total. The van der Waals surface area contributed by atoms with Gasteiger partial charge in [-0.25, -0.2) is 5.43 Å². The molecule has 37 heavy (non-hydrogen) atoms. The average molecular weight is 545 g/mol. The minimum absolute atomic E-state index is 0.298. The Balaban J connectivity index is 1.52. The predicted molar refractivity (Wildman–Crippen MR) is 141 cm³/mol. The number of halogens is 2. The molecule has 0 heterocycles. The van der Waals surface area contributed by atoms with E-state index in [0.29, 0.717) is 44.2 Å². The Morgan fingerprint density at radius 2 is 1.62 bits per heavy atom. The van der Waals surface area contributed by atoms with Crippen molar-refractivity contribution in [2.75, 3.05) is 31.5 Å². The molecular weight excluding hydrogens is 523 g/mol. The van der Waals surface area contributed by atoms with Crippen LogP contribution in [0.5, 0.6) is 17.2 Å². The zero-order valence-corrected chi connectivity index (χ0v) is 21.2. The standard InChI is InChI=1S/C25H22Cl2N4O6/c1-35-18-7-5-17(6-8-18)29-24(33)25(34)31-28-13-15-3-10-21(22(11-15)36-2)37-14-23(32)30-20-9-4-16(26)12-19(20)27/h3-13H,14H2,1-2H3,(H,29,33)(H,30,32)(H,31,34)/b28-13-. The zero-order chi connectivity index (χ0) is 26.8. The number of ether oxygens (including phenoxy) is 3. The van der Waals surface area contributed by atoms with E-state index in [4.69, 9.17) is 37.4 Å². The normalized spacial score (nSPS) is 10.5. The summed E-state index contributed by atoms with van der Waals surface area (Å²) in [5.41, 5.74) is 3.51. The maximum Gasteiger partial charge on any atom is 0.329 e. The lowest BCUT2D eigenvalue weighted by Crippen LogP contribution is -2.32. The van der Waals surface area contributed by atoms with Gasteiger partial charge in [0.1, 0.15) is 5.75 Å². The first-order valence-corrected chi connectivity index (χ1v) is 11.4. The van der Waals surface area contributed by atoms with Gasteiger partial charge in [-0.2, -0.15) is 5.10 Å². The molecule has 0 aromatic heterocycles. The maximum absolute atomic E-state index is 12.2. The Morgan fingerprint density at radius 1 is 0.865 bits per heavy atom. The lowest BCUT2D eigenvalue weighted by atomic mass is 10.2. The van der Waals surface area contributed by atoms with E-state index < -0.39 is 17.7 Å². The Bertz CT molecular complexity index is 1320. The molecular formula is C25H22Cl2N4O6. The van der Waals surface area contributed by atoms with Crippen molar-refractivity contribution < 1.29 is 28.6 Å². The van der Waals surface area contributed by atoms with Crippen LogP contribution < -0.4 is 30.3 Å². The van der Waals surface area contributed by atoms with E-state index in [-0.39, 0.29) is 6.61 Å². The second-order valence-corrected chi connectivity index (χ2v) is 8.10. The summed E-state index contributed by atoms with van der Waals surface area (Å²) in [7, 11) is 2.95. The number of carbonyl (C=O) groups excluding carboxylic acids is 3. The van der Waals surface area contributed by atoms with Gasteiger partial charge >= 0.3 is 11.8 Å². The first kappa shape index (κ1) is 27.3. The van der Waals surface area contributed by atoms with Crippen LogP contribution in [0.3, 0.4) is 0 Å². The van der Waals surface area contributed by atoms with Gasteiger partial charge < -0.3 is 24.8 Å². The Labute approximate surface area is 222 Å². The van der Waals surface area contributed by atoms with E-state index in [0.717, 1.165) is 0 Å². The Kier molecular flexibility index (Phi) is 9.70. The second-order valence-electron chi connectivity index (χ2n) is 7.25. The van der Waals surface area contributed by atoms with Gasteiger partial charge in [-0.05, 0) is 66.2 Å². The highest BCUT2D eigenvalue weighted by molar-refractivity contribution is 6.39. The molecule has 0 fully saturated rings. The number of methoxy groups -OCH3 is 2. The van der Waals surface area contributed by atoms with Gasteiger partial charge in [0.05, 0.1) is 31.1 Å². The molecule has 3 aromatic carbocycles. The van der Waals surface area contributed by atoms with E-state index in [1.165, 1.54) is 26.5 Å². The molecule has 3 amide bonds. The quantitative estimate of drug-likeness (QED) is 0.211. The summed E-state index contributed by atoms with van der Waals surface area (Å²) in [6, 6.07) is 16.0. The summed E-state index contributed by atoms with van der Waals surface area (Å²) in [4.78, 5) is 36.2. The first-order chi connectivity index (χ1) is 17.8. The fraction of sp³-hybridized carbons (Fsp3) is 0.120. The molecule has 0 bridgehead atoms. The molecule has 3 aromatic rings. The SMILES string of the molecule is COc1ccc(NC(=O)C(=O)N/N=C\c2ccc(OCC(=O)Nc3ccc(Cl)cc3Cl)c(OC)c2)cc1. The van der Waals surface area contributed by atoms with Gasteiger partial charge in [0, 0.05) is 10.7 Å². The average Bonchev–Trinajstić information content (AvgIpc) is 2.89. The van der Waals surface area contributed by atoms with E-state index in [1.807, 2.05) is 0 Å². The Hall–Kier alpha value is -4.28. The maximum atomic E-state index is 12.2. The molecule has 0 unspecified atom stereocenters. The van der Waals surface area contributed by atoms with Crippen molar-refractivity contribution in [3.63, 3.8) is 0 Å². The fourth-order valence-electron chi connectivity index (χ4n) is 2.88. The number of amides is 3. The van der Waals surface area contributed by atoms with Crippen molar-refractivity contribution in [3.8, 4) is 17.2 Å². The van der Waals surface area contributed by atoms with Gasteiger partial charge in [0.2, 0.25) is 0 Å². The molecule has 12 heteroatoms. The number of hydrogen-bond donors (Lipinski definition) is 3.